The molecule has 0 aromatic rings. The van der Waals surface area contributed by atoms with E-state index >= 15 is 0 Å². The Kier molecular flexibility index (Phi) is 50.9. The lowest BCUT2D eigenvalue weighted by molar-refractivity contribution is -0.305. The molecule has 0 radical (unpaired) electrons. The molecule has 0 aliphatic carbocycles. The number of rotatable bonds is 52. The smallest absolute Gasteiger partial charge is 0.306 e. The molecule has 0 saturated carbocycles. The molecule has 0 aromatic carbocycles. The summed E-state index contributed by atoms with van der Waals surface area (Å²) >= 11 is 0. The fraction of sp³-hybridized carbons (Fsp3) is 0.706. The second-order valence-electron chi connectivity index (χ2n) is 21.4. The van der Waals surface area contributed by atoms with Gasteiger partial charge in [-0.15, -0.1) is 0 Å². The molecule has 8 atom stereocenters. The second kappa shape index (κ2) is 54.9. The van der Waals surface area contributed by atoms with E-state index in [1.54, 1.807) is 6.08 Å². The molecule has 0 aromatic heterocycles. The monoisotopic (exact) mass is 1110 g/mol. The zero-order chi connectivity index (χ0) is 57.5. The Hall–Kier alpha value is -3.68. The van der Waals surface area contributed by atoms with Gasteiger partial charge < -0.3 is 45.1 Å². The average molecular weight is 1110 g/mol. The Morgan fingerprint density at radius 1 is 0.506 bits per heavy atom. The summed E-state index contributed by atoms with van der Waals surface area (Å²) in [6, 6.07) is -1.04. The Labute approximate surface area is 481 Å². The molecule has 11 nitrogen and oxygen atoms in total. The normalized spacial score (nSPS) is 19.6. The molecular formula is C68H115NO10. The van der Waals surface area contributed by atoms with Gasteiger partial charge in [-0.1, -0.05) is 239 Å². The topological polar surface area (TPSA) is 175 Å². The lowest BCUT2D eigenvalue weighted by atomic mass is 9.99. The molecule has 0 spiro atoms. The van der Waals surface area contributed by atoms with Crippen molar-refractivity contribution >= 4 is 11.9 Å². The molecule has 1 aliphatic heterocycles. The molecule has 452 valence electrons. The number of esters is 1. The predicted octanol–water partition coefficient (Wildman–Crippen LogP) is 15.3. The van der Waals surface area contributed by atoms with Gasteiger partial charge in [0.25, 0.3) is 0 Å². The summed E-state index contributed by atoms with van der Waals surface area (Å²) in [7, 11) is 0. The Morgan fingerprint density at radius 3 is 1.39 bits per heavy atom. The Morgan fingerprint density at radius 2 is 0.911 bits per heavy atom. The van der Waals surface area contributed by atoms with Crippen molar-refractivity contribution in [3.8, 4) is 0 Å². The van der Waals surface area contributed by atoms with Crippen LogP contribution in [0.2, 0.25) is 0 Å². The Bertz CT molecular complexity index is 1700. The van der Waals surface area contributed by atoms with Crippen molar-refractivity contribution in [3.63, 3.8) is 0 Å². The zero-order valence-corrected chi connectivity index (χ0v) is 50.0. The van der Waals surface area contributed by atoms with E-state index in [0.717, 1.165) is 122 Å². The highest BCUT2D eigenvalue weighted by Gasteiger charge is 2.47. The maximum atomic E-state index is 13.4. The highest BCUT2D eigenvalue weighted by Crippen LogP contribution is 2.26. The first-order valence-electron chi connectivity index (χ1n) is 31.7. The molecule has 8 unspecified atom stereocenters. The quantitative estimate of drug-likeness (QED) is 0.0195. The number of ether oxygens (including phenoxy) is 3. The van der Waals surface area contributed by atoms with E-state index in [2.05, 4.69) is 123 Å². The van der Waals surface area contributed by atoms with E-state index in [9.17, 15) is 35.1 Å². The number of carbonyl (C=O) groups is 2. The number of hydrogen-bond acceptors (Lipinski definition) is 10. The van der Waals surface area contributed by atoms with Crippen molar-refractivity contribution in [1.29, 1.82) is 0 Å². The molecule has 0 bridgehead atoms. The number of hydrogen-bond donors (Lipinski definition) is 6. The van der Waals surface area contributed by atoms with Crippen molar-refractivity contribution in [2.75, 3.05) is 13.2 Å². The van der Waals surface area contributed by atoms with Gasteiger partial charge in [0.05, 0.1) is 25.4 Å². The van der Waals surface area contributed by atoms with Gasteiger partial charge in [-0.2, -0.15) is 0 Å². The van der Waals surface area contributed by atoms with E-state index < -0.39 is 67.4 Å². The molecule has 1 aliphatic rings. The van der Waals surface area contributed by atoms with Crippen LogP contribution in [0.4, 0.5) is 0 Å². The predicted molar refractivity (Wildman–Crippen MR) is 328 cm³/mol. The van der Waals surface area contributed by atoms with Gasteiger partial charge in [0, 0.05) is 6.42 Å². The third kappa shape index (κ3) is 42.8. The number of amides is 1. The van der Waals surface area contributed by atoms with Crippen LogP contribution in [0.5, 0.6) is 0 Å². The summed E-state index contributed by atoms with van der Waals surface area (Å²) in [5, 5.41) is 57.0. The lowest BCUT2D eigenvalue weighted by Crippen LogP contribution is -2.61. The maximum absolute atomic E-state index is 13.4. The van der Waals surface area contributed by atoms with Crippen LogP contribution in [-0.2, 0) is 23.8 Å². The fourth-order valence-electron chi connectivity index (χ4n) is 9.15. The van der Waals surface area contributed by atoms with Crippen LogP contribution in [0.15, 0.2) is 109 Å². The Balaban J connectivity index is 2.72. The molecule has 1 saturated heterocycles. The van der Waals surface area contributed by atoms with Crippen molar-refractivity contribution < 1.29 is 49.3 Å². The van der Waals surface area contributed by atoms with Gasteiger partial charge in [-0.05, 0) is 109 Å². The minimum absolute atomic E-state index is 0.0620. The van der Waals surface area contributed by atoms with Gasteiger partial charge in [-0.3, -0.25) is 9.59 Å². The largest absolute Gasteiger partial charge is 0.454 e. The van der Waals surface area contributed by atoms with Crippen LogP contribution >= 0.6 is 0 Å². The minimum Gasteiger partial charge on any atom is -0.454 e. The standard InChI is InChI=1S/C68H115NO10/c1-4-7-10-13-16-19-22-25-27-29-30-31-32-33-35-38-41-44-47-50-53-56-63(73)79-66-65(75)64(74)62(57-70)78-68(66)77-58-59(60(71)54-51-48-45-42-39-36-24-21-18-15-12-9-6-3)69-67(76)61(72)55-52-49-46-43-40-37-34-28-26-23-20-17-14-11-8-5-2/h7,10,16-17,19-20,25-28,30-31,33,35,41,44,51,54,59-62,64-66,68,70-72,74-75H,4-6,8-9,11-15,18,21-24,29,32,34,36-40,42-43,45-50,52-53,55-58H2,1-3H3,(H,69,76)/b10-7-,19-16-,20-17-,27-25-,28-26-,31-30-,35-33-,44-41-,54-51+. The van der Waals surface area contributed by atoms with E-state index in [1.165, 1.54) is 77.0 Å². The lowest BCUT2D eigenvalue weighted by Gasteiger charge is -2.41. The third-order valence-corrected chi connectivity index (χ3v) is 14.2. The van der Waals surface area contributed by atoms with Gasteiger partial charge in [0.1, 0.15) is 24.4 Å². The number of allylic oxidation sites excluding steroid dienone is 17. The number of aliphatic hydroxyl groups excluding tert-OH is 5. The summed E-state index contributed by atoms with van der Waals surface area (Å²) < 4.78 is 17.6. The zero-order valence-electron chi connectivity index (χ0n) is 50.0. The number of aliphatic hydroxyl groups is 5. The summed E-state index contributed by atoms with van der Waals surface area (Å²) in [6.45, 7) is 5.62. The number of unbranched alkanes of at least 4 members (excludes halogenated alkanes) is 22. The van der Waals surface area contributed by atoms with Crippen molar-refractivity contribution in [1.82, 2.24) is 5.32 Å². The molecule has 1 amide bonds. The third-order valence-electron chi connectivity index (χ3n) is 14.2. The molecule has 11 heteroatoms. The summed E-state index contributed by atoms with van der Waals surface area (Å²) in [4.78, 5) is 26.6. The molecule has 1 fully saturated rings. The maximum Gasteiger partial charge on any atom is 0.306 e. The van der Waals surface area contributed by atoms with Crippen molar-refractivity contribution in [2.45, 2.75) is 294 Å². The highest BCUT2D eigenvalue weighted by atomic mass is 16.7. The average Bonchev–Trinajstić information content (AvgIpc) is 3.49. The number of nitrogens with one attached hydrogen (secondary N) is 1. The van der Waals surface area contributed by atoms with E-state index in [4.69, 9.17) is 14.2 Å². The van der Waals surface area contributed by atoms with Crippen LogP contribution in [0.1, 0.15) is 245 Å². The second-order valence-corrected chi connectivity index (χ2v) is 21.4. The van der Waals surface area contributed by atoms with Gasteiger partial charge in [0.15, 0.2) is 12.4 Å². The molecule has 1 heterocycles. The first kappa shape index (κ1) is 73.3. The van der Waals surface area contributed by atoms with Crippen LogP contribution in [0, 0.1) is 0 Å². The summed E-state index contributed by atoms with van der Waals surface area (Å²) in [5.74, 6) is -1.25. The minimum atomic E-state index is -1.64. The van der Waals surface area contributed by atoms with Gasteiger partial charge in [0.2, 0.25) is 5.91 Å². The van der Waals surface area contributed by atoms with E-state index in [1.807, 2.05) is 6.08 Å². The van der Waals surface area contributed by atoms with Gasteiger partial charge in [-0.25, -0.2) is 0 Å². The molecule has 1 rings (SSSR count). The fourth-order valence-corrected chi connectivity index (χ4v) is 9.15. The first-order chi connectivity index (χ1) is 38.7. The van der Waals surface area contributed by atoms with Crippen molar-refractivity contribution in [2.24, 2.45) is 0 Å². The summed E-state index contributed by atoms with van der Waals surface area (Å²) in [6.07, 6.45) is 64.0. The molecule has 6 N–H and O–H groups in total. The van der Waals surface area contributed by atoms with Crippen LogP contribution in [0.3, 0.4) is 0 Å². The van der Waals surface area contributed by atoms with Crippen molar-refractivity contribution in [3.05, 3.63) is 109 Å². The van der Waals surface area contributed by atoms with E-state index in [-0.39, 0.29) is 19.4 Å². The molecular weight excluding hydrogens is 991 g/mol. The van der Waals surface area contributed by atoms with E-state index in [0.29, 0.717) is 12.8 Å². The van der Waals surface area contributed by atoms with Crippen LogP contribution < -0.4 is 5.32 Å². The van der Waals surface area contributed by atoms with Crippen LogP contribution in [0.25, 0.3) is 0 Å². The summed E-state index contributed by atoms with van der Waals surface area (Å²) in [5.41, 5.74) is 0. The highest BCUT2D eigenvalue weighted by molar-refractivity contribution is 5.80. The molecule has 79 heavy (non-hydrogen) atoms. The van der Waals surface area contributed by atoms with Crippen LogP contribution in [-0.4, -0.2) is 99.6 Å². The first-order valence-corrected chi connectivity index (χ1v) is 31.7. The van der Waals surface area contributed by atoms with Gasteiger partial charge >= 0.3 is 5.97 Å². The SMILES string of the molecule is CC/C=C\C/C=C\C/C=C\C/C=C\C/C=C\C/C=C\CCCCC(=O)OC1C(OCC(NC(=O)C(O)CCCCCCCC/C=C\C/C=C\CCCCC)C(O)/C=C/CCCCCCCCCCCCC)OC(CO)C(O)C1O. The number of carbonyl (C=O) groups excluding carboxylic acids is 2.